The topological polar surface area (TPSA) is 82.0 Å². The minimum atomic E-state index is -0.998. The normalized spacial score (nSPS) is 13.8. The second kappa shape index (κ2) is 14.9. The van der Waals surface area contributed by atoms with Crippen LogP contribution in [0.2, 0.25) is 5.02 Å². The lowest BCUT2D eigenvalue weighted by Gasteiger charge is -2.22. The van der Waals surface area contributed by atoms with Crippen LogP contribution in [0.15, 0.2) is 126 Å². The van der Waals surface area contributed by atoms with Gasteiger partial charge >= 0.3 is 5.97 Å². The van der Waals surface area contributed by atoms with Crippen LogP contribution in [-0.2, 0) is 22.7 Å². The van der Waals surface area contributed by atoms with Gasteiger partial charge in [-0.3, -0.25) is 14.7 Å². The standard InChI is InChI=1S/C42H36ClN3O3S/c1-50-22-21-37(42(48)49)45-41(29-11-3-2-4-12-29)35-23-32(43)19-20-36(35)44-38(47)26-46-24-30-17-15-27-9-5-7-13-33(27)39(30)40-31(25-46)18-16-28-10-6-8-14-34(28)40/h2-20,23,37H,21-22,24-26H2,1H3,(H,44,47)(H,48,49)/t37-/m1/s1. The van der Waals surface area contributed by atoms with Crippen LogP contribution in [0.5, 0.6) is 0 Å². The van der Waals surface area contributed by atoms with Gasteiger partial charge in [-0.2, -0.15) is 11.8 Å². The molecular weight excluding hydrogens is 662 g/mol. The maximum Gasteiger partial charge on any atom is 0.328 e. The Morgan fingerprint density at radius 1 is 0.820 bits per heavy atom. The van der Waals surface area contributed by atoms with E-state index in [1.165, 1.54) is 43.8 Å². The molecule has 0 saturated carbocycles. The van der Waals surface area contributed by atoms with Gasteiger partial charge in [-0.15, -0.1) is 0 Å². The molecule has 6 aromatic rings. The Morgan fingerprint density at radius 3 is 2.02 bits per heavy atom. The predicted octanol–water partition coefficient (Wildman–Crippen LogP) is 9.31. The van der Waals surface area contributed by atoms with E-state index in [1.54, 1.807) is 30.0 Å². The Labute approximate surface area is 300 Å². The highest BCUT2D eigenvalue weighted by atomic mass is 35.5. The van der Waals surface area contributed by atoms with Crippen LogP contribution in [0.1, 0.15) is 28.7 Å². The van der Waals surface area contributed by atoms with E-state index in [9.17, 15) is 14.7 Å². The number of hydrogen-bond donors (Lipinski definition) is 2. The van der Waals surface area contributed by atoms with E-state index in [1.807, 2.05) is 36.6 Å². The summed E-state index contributed by atoms with van der Waals surface area (Å²) in [6.07, 6.45) is 2.31. The highest BCUT2D eigenvalue weighted by Gasteiger charge is 2.26. The van der Waals surface area contributed by atoms with E-state index in [4.69, 9.17) is 16.6 Å². The molecule has 250 valence electrons. The van der Waals surface area contributed by atoms with Gasteiger partial charge in [-0.1, -0.05) is 115 Å². The fourth-order valence-electron chi connectivity index (χ4n) is 6.88. The summed E-state index contributed by atoms with van der Waals surface area (Å²) in [7, 11) is 0. The third kappa shape index (κ3) is 7.03. The van der Waals surface area contributed by atoms with Crippen molar-refractivity contribution in [2.45, 2.75) is 25.6 Å². The number of nitrogens with zero attached hydrogens (tertiary/aromatic N) is 2. The molecular formula is C42H36ClN3O3S. The molecule has 0 unspecified atom stereocenters. The molecule has 0 fully saturated rings. The maximum atomic E-state index is 14.0. The van der Waals surface area contributed by atoms with Crippen LogP contribution in [0.3, 0.4) is 0 Å². The second-order valence-electron chi connectivity index (χ2n) is 12.5. The summed E-state index contributed by atoms with van der Waals surface area (Å²) in [5, 5.41) is 18.4. The van der Waals surface area contributed by atoms with E-state index in [0.29, 0.717) is 47.2 Å². The molecule has 6 nitrogen and oxygen atoms in total. The fourth-order valence-corrected chi connectivity index (χ4v) is 7.51. The van der Waals surface area contributed by atoms with Gasteiger partial charge in [0.05, 0.1) is 17.9 Å². The number of benzene rings is 6. The molecule has 50 heavy (non-hydrogen) atoms. The summed E-state index contributed by atoms with van der Waals surface area (Å²) in [6, 6.07) is 39.4. The number of carboxylic acids is 1. The summed E-state index contributed by atoms with van der Waals surface area (Å²) in [5.41, 5.74) is 7.06. The van der Waals surface area contributed by atoms with Crippen LogP contribution in [-0.4, -0.2) is 52.2 Å². The first kappa shape index (κ1) is 33.5. The molecule has 6 aromatic carbocycles. The smallest absolute Gasteiger partial charge is 0.328 e. The monoisotopic (exact) mass is 697 g/mol. The first-order chi connectivity index (χ1) is 24.4. The lowest BCUT2D eigenvalue weighted by Crippen LogP contribution is -2.32. The minimum Gasteiger partial charge on any atom is -0.480 e. The van der Waals surface area contributed by atoms with Crippen LogP contribution < -0.4 is 5.32 Å². The van der Waals surface area contributed by atoms with Crippen molar-refractivity contribution in [1.82, 2.24) is 4.90 Å². The number of anilines is 1. The zero-order valence-corrected chi connectivity index (χ0v) is 29.2. The van der Waals surface area contributed by atoms with E-state index >= 15 is 0 Å². The van der Waals surface area contributed by atoms with E-state index < -0.39 is 12.0 Å². The van der Waals surface area contributed by atoms with Gasteiger partial charge in [0.25, 0.3) is 0 Å². The highest BCUT2D eigenvalue weighted by Crippen LogP contribution is 2.42. The zero-order valence-electron chi connectivity index (χ0n) is 27.6. The average Bonchev–Trinajstić information content (AvgIpc) is 3.29. The quantitative estimate of drug-likeness (QED) is 0.140. The lowest BCUT2D eigenvalue weighted by molar-refractivity contribution is -0.138. The minimum absolute atomic E-state index is 0.143. The molecule has 7 rings (SSSR count). The fraction of sp³-hybridized carbons (Fsp3) is 0.167. The predicted molar refractivity (Wildman–Crippen MR) is 208 cm³/mol. The van der Waals surface area contributed by atoms with Crippen LogP contribution >= 0.6 is 23.4 Å². The Hall–Kier alpha value is -4.95. The third-order valence-electron chi connectivity index (χ3n) is 9.16. The molecule has 0 aromatic heterocycles. The van der Waals surface area contributed by atoms with Crippen molar-refractivity contribution >= 4 is 68.2 Å². The Morgan fingerprint density at radius 2 is 1.42 bits per heavy atom. The molecule has 1 heterocycles. The Bertz CT molecular complexity index is 2170. The van der Waals surface area contributed by atoms with Crippen molar-refractivity contribution < 1.29 is 14.7 Å². The van der Waals surface area contributed by atoms with Crippen molar-refractivity contribution in [3.63, 3.8) is 0 Å². The van der Waals surface area contributed by atoms with Crippen LogP contribution in [0.4, 0.5) is 5.69 Å². The second-order valence-corrected chi connectivity index (χ2v) is 13.9. The van der Waals surface area contributed by atoms with Crippen LogP contribution in [0.25, 0.3) is 32.7 Å². The van der Waals surface area contributed by atoms with E-state index in [2.05, 4.69) is 83.0 Å². The third-order valence-corrected chi connectivity index (χ3v) is 10.0. The number of carbonyl (C=O) groups excluding carboxylic acids is 1. The SMILES string of the molecule is CSCC[C@@H](N=C(c1ccccc1)c1cc(Cl)ccc1NC(=O)CN1Cc2ccc3ccccc3c2-c2c(ccc3ccccc23)C1)C(=O)O. The van der Waals surface area contributed by atoms with Gasteiger partial charge in [0.15, 0.2) is 0 Å². The Balaban J connectivity index is 1.24. The summed E-state index contributed by atoms with van der Waals surface area (Å²) >= 11 is 8.10. The molecule has 0 aliphatic carbocycles. The molecule has 8 heteroatoms. The van der Waals surface area contributed by atoms with Crippen molar-refractivity contribution in [2.24, 2.45) is 4.99 Å². The first-order valence-corrected chi connectivity index (χ1v) is 18.4. The number of rotatable bonds is 10. The summed E-state index contributed by atoms with van der Waals surface area (Å²) in [6.45, 7) is 1.33. The molecule has 1 aliphatic rings. The summed E-state index contributed by atoms with van der Waals surface area (Å²) in [4.78, 5) is 33.2. The van der Waals surface area contributed by atoms with E-state index in [-0.39, 0.29) is 12.5 Å². The maximum absolute atomic E-state index is 14.0. The number of halogens is 1. The average molecular weight is 698 g/mol. The molecule has 0 bridgehead atoms. The molecule has 0 spiro atoms. The number of aliphatic carboxylic acids is 1. The van der Waals surface area contributed by atoms with Crippen molar-refractivity contribution in [3.05, 3.63) is 149 Å². The number of carbonyl (C=O) groups is 2. The number of nitrogens with one attached hydrogen (secondary N) is 1. The molecule has 2 N–H and O–H groups in total. The largest absolute Gasteiger partial charge is 0.480 e. The number of hydrogen-bond acceptors (Lipinski definition) is 5. The summed E-state index contributed by atoms with van der Waals surface area (Å²) < 4.78 is 0. The molecule has 0 saturated heterocycles. The first-order valence-electron chi connectivity index (χ1n) is 16.6. The lowest BCUT2D eigenvalue weighted by atomic mass is 9.88. The number of aliphatic imine (C=N–C) groups is 1. The number of amides is 1. The van der Waals surface area contributed by atoms with Crippen LogP contribution in [0, 0.1) is 0 Å². The van der Waals surface area contributed by atoms with Gasteiger partial charge in [-0.05, 0) is 80.4 Å². The summed E-state index contributed by atoms with van der Waals surface area (Å²) in [5.74, 6) is -0.540. The van der Waals surface area contributed by atoms with Gasteiger partial charge in [-0.25, -0.2) is 4.79 Å². The molecule has 1 amide bonds. The number of fused-ring (bicyclic) bond motifs is 7. The van der Waals surface area contributed by atoms with Gasteiger partial charge in [0.2, 0.25) is 5.91 Å². The van der Waals surface area contributed by atoms with Crippen molar-refractivity contribution in [3.8, 4) is 11.1 Å². The number of carboxylic acid groups (broad SMARTS) is 1. The van der Waals surface area contributed by atoms with E-state index in [0.717, 1.165) is 5.56 Å². The Kier molecular flexibility index (Phi) is 9.99. The van der Waals surface area contributed by atoms with Gasteiger partial charge in [0.1, 0.15) is 6.04 Å². The van der Waals surface area contributed by atoms with Gasteiger partial charge in [0, 0.05) is 29.2 Å². The highest BCUT2D eigenvalue weighted by molar-refractivity contribution is 7.98. The molecule has 0 radical (unpaired) electrons. The molecule has 1 aliphatic heterocycles. The molecule has 1 atom stereocenters. The van der Waals surface area contributed by atoms with Crippen molar-refractivity contribution in [2.75, 3.05) is 23.9 Å². The zero-order chi connectivity index (χ0) is 34.6. The van der Waals surface area contributed by atoms with Crippen molar-refractivity contribution in [1.29, 1.82) is 0 Å². The van der Waals surface area contributed by atoms with Gasteiger partial charge < -0.3 is 10.4 Å². The number of thioether (sulfide) groups is 1.